The largest absolute Gasteiger partial charge is 1.00 e. The zero-order chi connectivity index (χ0) is 17.8. The van der Waals surface area contributed by atoms with Gasteiger partial charge >= 0.3 is 0 Å². The summed E-state index contributed by atoms with van der Waals surface area (Å²) in [6, 6.07) is 35.5. The van der Waals surface area contributed by atoms with Crippen molar-refractivity contribution in [3.8, 4) is 33.4 Å². The van der Waals surface area contributed by atoms with E-state index in [0.29, 0.717) is 0 Å². The summed E-state index contributed by atoms with van der Waals surface area (Å²) in [5.41, 5.74) is 6.99. The molecule has 1 N–H and O–H groups in total. The minimum absolute atomic E-state index is 0. The molecule has 0 amide bonds. The van der Waals surface area contributed by atoms with Crippen LogP contribution in [0.2, 0.25) is 0 Å². The quantitative estimate of drug-likeness (QED) is 0.489. The van der Waals surface area contributed by atoms with E-state index in [9.17, 15) is 4.89 Å². The van der Waals surface area contributed by atoms with Gasteiger partial charge in [0.05, 0.1) is 0 Å². The summed E-state index contributed by atoms with van der Waals surface area (Å²) in [6.45, 7) is 0. The van der Waals surface area contributed by atoms with Crippen LogP contribution < -0.4 is 22.3 Å². The van der Waals surface area contributed by atoms with Crippen molar-refractivity contribution in [2.45, 2.75) is 0 Å². The Hall–Kier alpha value is -2.25. The highest BCUT2D eigenvalue weighted by Gasteiger charge is 2.20. The van der Waals surface area contributed by atoms with Gasteiger partial charge in [0, 0.05) is 11.1 Å². The smallest absolute Gasteiger partial charge is 0.149 e. The van der Waals surface area contributed by atoms with Gasteiger partial charge < -0.3 is 17.0 Å². The Morgan fingerprint density at radius 2 is 0.926 bits per heavy atom. The van der Waals surface area contributed by atoms with Gasteiger partial charge in [0.2, 0.25) is 0 Å². The fourth-order valence-corrected chi connectivity index (χ4v) is 4.03. The van der Waals surface area contributed by atoms with Crippen LogP contribution in [0.4, 0.5) is 0 Å². The van der Waals surface area contributed by atoms with Crippen molar-refractivity contribution in [3.05, 3.63) is 103 Å². The van der Waals surface area contributed by atoms with Gasteiger partial charge in [0.1, 0.15) is 14.1 Å². The third-order valence-corrected chi connectivity index (χ3v) is 5.35. The second kappa shape index (κ2) is 9.10. The van der Waals surface area contributed by atoms with E-state index in [-0.39, 0.29) is 17.0 Å². The molecule has 0 aliphatic heterocycles. The third-order valence-electron chi connectivity index (χ3n) is 4.59. The molecule has 0 heterocycles. The Morgan fingerprint density at radius 3 is 1.41 bits per heavy atom. The standard InChI is InChI=1S/C24H19OP.BrH/c25-26-22-17-16-21(18-10-4-1-5-11-18)23(19-12-6-2-7-13-19)24(22)20-14-8-3-9-15-20;/h1-17,25-26H;1H. The molecule has 0 bridgehead atoms. The normalized spacial score (nSPS) is 10.7. The lowest BCUT2D eigenvalue weighted by Crippen LogP contribution is -3.00. The Labute approximate surface area is 172 Å². The summed E-state index contributed by atoms with van der Waals surface area (Å²) in [5.74, 6) is 0. The minimum Gasteiger partial charge on any atom is -1.00 e. The molecule has 4 rings (SSSR count). The molecule has 134 valence electrons. The molecular weight excluding hydrogens is 415 g/mol. The Balaban J connectivity index is 0.00000210. The first-order valence-corrected chi connectivity index (χ1v) is 9.78. The molecule has 4 aromatic carbocycles. The number of hydrogen-bond acceptors (Lipinski definition) is 1. The van der Waals surface area contributed by atoms with Crippen molar-refractivity contribution in [2.24, 2.45) is 0 Å². The average Bonchev–Trinajstić information content (AvgIpc) is 2.74. The van der Waals surface area contributed by atoms with Crippen LogP contribution in [0, 0.1) is 0 Å². The molecule has 0 saturated heterocycles. The summed E-state index contributed by atoms with van der Waals surface area (Å²) in [7, 11) is -0.777. The van der Waals surface area contributed by atoms with Gasteiger partial charge in [-0.3, -0.25) is 4.89 Å². The average molecular weight is 435 g/mol. The van der Waals surface area contributed by atoms with E-state index in [1.807, 2.05) is 18.2 Å². The molecular formula is C24H20BrOP. The van der Waals surface area contributed by atoms with Gasteiger partial charge in [-0.15, -0.1) is 0 Å². The maximum atomic E-state index is 10.1. The fraction of sp³-hybridized carbons (Fsp3) is 0. The Bertz CT molecular complexity index is 1000. The summed E-state index contributed by atoms with van der Waals surface area (Å²) in [4.78, 5) is 10.1. The summed E-state index contributed by atoms with van der Waals surface area (Å²) < 4.78 is 0. The van der Waals surface area contributed by atoms with Crippen LogP contribution in [-0.4, -0.2) is 4.89 Å². The SMILES string of the molecule is O[PH2+]c1ccc(-c2ccccc2)c(-c2ccccc2)c1-c1ccccc1.[Br-]. The molecule has 1 nitrogen and oxygen atoms in total. The molecule has 0 spiro atoms. The van der Waals surface area contributed by atoms with Gasteiger partial charge in [0.15, 0.2) is 0 Å². The van der Waals surface area contributed by atoms with Gasteiger partial charge in [-0.1, -0.05) is 91.0 Å². The molecule has 3 heteroatoms. The lowest BCUT2D eigenvalue weighted by atomic mass is 9.87. The highest BCUT2D eigenvalue weighted by Crippen LogP contribution is 2.40. The second-order valence-corrected chi connectivity index (χ2v) is 7.06. The van der Waals surface area contributed by atoms with Gasteiger partial charge in [-0.2, -0.15) is 0 Å². The summed E-state index contributed by atoms with van der Waals surface area (Å²) in [6.07, 6.45) is 0. The maximum Gasteiger partial charge on any atom is 0.149 e. The van der Waals surface area contributed by atoms with Gasteiger partial charge in [0.25, 0.3) is 0 Å². The van der Waals surface area contributed by atoms with Crippen LogP contribution in [0.5, 0.6) is 0 Å². The zero-order valence-corrected chi connectivity index (χ0v) is 17.5. The highest BCUT2D eigenvalue weighted by atomic mass is 79.9. The molecule has 27 heavy (non-hydrogen) atoms. The van der Waals surface area contributed by atoms with E-state index in [0.717, 1.165) is 16.4 Å². The third kappa shape index (κ3) is 4.04. The van der Waals surface area contributed by atoms with Crippen molar-refractivity contribution in [1.29, 1.82) is 0 Å². The Morgan fingerprint density at radius 1 is 0.481 bits per heavy atom. The van der Waals surface area contributed by atoms with Crippen molar-refractivity contribution in [1.82, 2.24) is 0 Å². The van der Waals surface area contributed by atoms with Crippen molar-refractivity contribution < 1.29 is 21.9 Å². The summed E-state index contributed by atoms with van der Waals surface area (Å²) in [5, 5.41) is 1.02. The number of hydrogen-bond donors (Lipinski definition) is 1. The number of rotatable bonds is 4. The monoisotopic (exact) mass is 434 g/mol. The van der Waals surface area contributed by atoms with Gasteiger partial charge in [-0.05, 0) is 34.4 Å². The first-order chi connectivity index (χ1) is 12.9. The topological polar surface area (TPSA) is 20.2 Å². The summed E-state index contributed by atoms with van der Waals surface area (Å²) >= 11 is 0. The zero-order valence-electron chi connectivity index (χ0n) is 14.7. The fourth-order valence-electron chi connectivity index (χ4n) is 3.41. The van der Waals surface area contributed by atoms with Crippen LogP contribution in [0.25, 0.3) is 33.4 Å². The van der Waals surface area contributed by atoms with E-state index in [2.05, 4.69) is 84.9 Å². The van der Waals surface area contributed by atoms with Crippen LogP contribution in [0.1, 0.15) is 0 Å². The van der Waals surface area contributed by atoms with Crippen LogP contribution in [0.15, 0.2) is 103 Å². The van der Waals surface area contributed by atoms with Gasteiger partial charge in [-0.25, -0.2) is 0 Å². The first-order valence-electron chi connectivity index (χ1n) is 8.69. The minimum atomic E-state index is -0.777. The lowest BCUT2D eigenvalue weighted by molar-refractivity contribution is -0.00000574. The second-order valence-electron chi connectivity index (χ2n) is 6.18. The maximum absolute atomic E-state index is 10.1. The van der Waals surface area contributed by atoms with E-state index >= 15 is 0 Å². The first kappa shape index (κ1) is 19.5. The van der Waals surface area contributed by atoms with Crippen LogP contribution in [0.3, 0.4) is 0 Å². The van der Waals surface area contributed by atoms with Crippen molar-refractivity contribution in [3.63, 3.8) is 0 Å². The number of benzene rings is 4. The lowest BCUT2D eigenvalue weighted by Gasteiger charge is -2.17. The van der Waals surface area contributed by atoms with Crippen LogP contribution in [-0.2, 0) is 0 Å². The van der Waals surface area contributed by atoms with E-state index < -0.39 is 8.81 Å². The van der Waals surface area contributed by atoms with Crippen molar-refractivity contribution >= 4 is 14.1 Å². The molecule has 0 aliphatic carbocycles. The molecule has 0 radical (unpaired) electrons. The Kier molecular flexibility index (Phi) is 6.58. The molecule has 0 aromatic heterocycles. The number of halogens is 1. The van der Waals surface area contributed by atoms with E-state index in [4.69, 9.17) is 0 Å². The predicted molar refractivity (Wildman–Crippen MR) is 114 cm³/mol. The van der Waals surface area contributed by atoms with Crippen LogP contribution >= 0.6 is 8.81 Å². The van der Waals surface area contributed by atoms with E-state index in [1.165, 1.54) is 22.3 Å². The predicted octanol–water partition coefficient (Wildman–Crippen LogP) is 2.64. The van der Waals surface area contributed by atoms with Crippen molar-refractivity contribution in [2.75, 3.05) is 0 Å². The molecule has 1 unspecified atom stereocenters. The van der Waals surface area contributed by atoms with E-state index in [1.54, 1.807) is 0 Å². The molecule has 0 saturated carbocycles. The molecule has 0 fully saturated rings. The molecule has 4 aromatic rings. The highest BCUT2D eigenvalue weighted by molar-refractivity contribution is 7.41. The molecule has 1 atom stereocenters. The molecule has 0 aliphatic rings.